The number of carbonyl (C=O) groups is 1. The van der Waals surface area contributed by atoms with Gasteiger partial charge in [0.1, 0.15) is 0 Å². The monoisotopic (exact) mass is 172 g/mol. The molecule has 1 atom stereocenters. The quantitative estimate of drug-likeness (QED) is 0.629. The minimum atomic E-state index is -0.254. The van der Waals surface area contributed by atoms with Gasteiger partial charge >= 0.3 is 0 Å². The van der Waals surface area contributed by atoms with Gasteiger partial charge in [0.05, 0.1) is 19.8 Å². The van der Waals surface area contributed by atoms with E-state index in [2.05, 4.69) is 11.8 Å². The van der Waals surface area contributed by atoms with Crippen LogP contribution in [0.25, 0.3) is 0 Å². The number of carbonyl (C=O) groups excluding carboxylic acids is 1. The van der Waals surface area contributed by atoms with Gasteiger partial charge in [0.25, 0.3) is 0 Å². The van der Waals surface area contributed by atoms with Crippen LogP contribution in [-0.4, -0.2) is 43.2 Å². The van der Waals surface area contributed by atoms with Crippen molar-refractivity contribution in [3.05, 3.63) is 0 Å². The van der Waals surface area contributed by atoms with Crippen LogP contribution in [0, 0.1) is 0 Å². The molecule has 0 aromatic carbocycles. The van der Waals surface area contributed by atoms with Crippen LogP contribution in [0.5, 0.6) is 0 Å². The highest BCUT2D eigenvalue weighted by atomic mass is 16.5. The van der Waals surface area contributed by atoms with Gasteiger partial charge < -0.3 is 10.5 Å². The largest absolute Gasteiger partial charge is 0.378 e. The second-order valence-corrected chi connectivity index (χ2v) is 3.07. The van der Waals surface area contributed by atoms with Gasteiger partial charge in [0.2, 0.25) is 5.91 Å². The lowest BCUT2D eigenvalue weighted by Crippen LogP contribution is -2.48. The summed E-state index contributed by atoms with van der Waals surface area (Å²) in [4.78, 5) is 12.8. The van der Waals surface area contributed by atoms with E-state index in [1.807, 2.05) is 0 Å². The zero-order chi connectivity index (χ0) is 8.97. The molecule has 12 heavy (non-hydrogen) atoms. The number of nitrogens with two attached hydrogens (primary N) is 1. The third-order valence-corrected chi connectivity index (χ3v) is 2.18. The third kappa shape index (κ3) is 2.46. The summed E-state index contributed by atoms with van der Waals surface area (Å²) >= 11 is 0. The molecule has 70 valence electrons. The standard InChI is InChI=1S/C8H16N2O2/c1-2-7-6-12-4-3-10(7)5-8(9)11/h7H,2-6H2,1H3,(H2,9,11)/t7-/m1/s1. The van der Waals surface area contributed by atoms with Crippen molar-refractivity contribution in [2.24, 2.45) is 5.73 Å². The second-order valence-electron chi connectivity index (χ2n) is 3.07. The van der Waals surface area contributed by atoms with E-state index in [1.54, 1.807) is 0 Å². The molecule has 1 fully saturated rings. The van der Waals surface area contributed by atoms with E-state index in [0.717, 1.165) is 19.6 Å². The predicted octanol–water partition coefficient (Wildman–Crippen LogP) is -0.417. The van der Waals surface area contributed by atoms with Crippen molar-refractivity contribution < 1.29 is 9.53 Å². The summed E-state index contributed by atoms with van der Waals surface area (Å²) in [6, 6.07) is 0.367. The smallest absolute Gasteiger partial charge is 0.231 e. The Labute approximate surface area is 72.7 Å². The SMILES string of the molecule is CC[C@@H]1COCCN1CC(N)=O. The molecular weight excluding hydrogens is 156 g/mol. The summed E-state index contributed by atoms with van der Waals surface area (Å²) in [5.74, 6) is -0.254. The van der Waals surface area contributed by atoms with Crippen LogP contribution in [0.4, 0.5) is 0 Å². The lowest BCUT2D eigenvalue weighted by Gasteiger charge is -2.33. The van der Waals surface area contributed by atoms with E-state index in [4.69, 9.17) is 10.5 Å². The zero-order valence-corrected chi connectivity index (χ0v) is 7.45. The maximum atomic E-state index is 10.7. The Bertz CT molecular complexity index is 161. The van der Waals surface area contributed by atoms with Gasteiger partial charge in [-0.1, -0.05) is 6.92 Å². The van der Waals surface area contributed by atoms with Gasteiger partial charge in [0.15, 0.2) is 0 Å². The molecule has 0 aromatic rings. The lowest BCUT2D eigenvalue weighted by atomic mass is 10.2. The summed E-state index contributed by atoms with van der Waals surface area (Å²) in [5.41, 5.74) is 5.12. The molecule has 0 aliphatic carbocycles. The van der Waals surface area contributed by atoms with Crippen LogP contribution in [-0.2, 0) is 9.53 Å². The van der Waals surface area contributed by atoms with Crippen molar-refractivity contribution in [3.63, 3.8) is 0 Å². The first-order valence-electron chi connectivity index (χ1n) is 4.34. The second kappa shape index (κ2) is 4.42. The Kier molecular flexibility index (Phi) is 3.49. The van der Waals surface area contributed by atoms with E-state index < -0.39 is 0 Å². The van der Waals surface area contributed by atoms with Crippen LogP contribution in [0.3, 0.4) is 0 Å². The molecule has 4 nitrogen and oxygen atoms in total. The highest BCUT2D eigenvalue weighted by molar-refractivity contribution is 5.75. The van der Waals surface area contributed by atoms with Crippen molar-refractivity contribution in [1.29, 1.82) is 0 Å². The number of morpholine rings is 1. The highest BCUT2D eigenvalue weighted by Gasteiger charge is 2.21. The van der Waals surface area contributed by atoms with E-state index in [0.29, 0.717) is 19.2 Å². The molecule has 0 radical (unpaired) electrons. The number of rotatable bonds is 3. The van der Waals surface area contributed by atoms with Gasteiger partial charge in [-0.3, -0.25) is 9.69 Å². The van der Waals surface area contributed by atoms with E-state index in [-0.39, 0.29) is 5.91 Å². The van der Waals surface area contributed by atoms with Gasteiger partial charge in [-0.15, -0.1) is 0 Å². The fourth-order valence-corrected chi connectivity index (χ4v) is 1.47. The molecule has 0 saturated carbocycles. The zero-order valence-electron chi connectivity index (χ0n) is 7.45. The molecule has 1 heterocycles. The number of hydrogen-bond acceptors (Lipinski definition) is 3. The van der Waals surface area contributed by atoms with Gasteiger partial charge in [-0.25, -0.2) is 0 Å². The molecule has 0 spiro atoms. The number of ether oxygens (including phenoxy) is 1. The van der Waals surface area contributed by atoms with Crippen molar-refractivity contribution >= 4 is 5.91 Å². The third-order valence-electron chi connectivity index (χ3n) is 2.18. The maximum Gasteiger partial charge on any atom is 0.231 e. The number of nitrogens with zero attached hydrogens (tertiary/aromatic N) is 1. The van der Waals surface area contributed by atoms with Gasteiger partial charge in [0, 0.05) is 12.6 Å². The van der Waals surface area contributed by atoms with E-state index in [9.17, 15) is 4.79 Å². The Balaban J connectivity index is 2.41. The topological polar surface area (TPSA) is 55.6 Å². The molecule has 0 bridgehead atoms. The van der Waals surface area contributed by atoms with Crippen LogP contribution >= 0.6 is 0 Å². The van der Waals surface area contributed by atoms with Crippen molar-refractivity contribution in [3.8, 4) is 0 Å². The summed E-state index contributed by atoms with van der Waals surface area (Å²) < 4.78 is 5.29. The van der Waals surface area contributed by atoms with Crippen LogP contribution in [0.2, 0.25) is 0 Å². The minimum Gasteiger partial charge on any atom is -0.378 e. The summed E-state index contributed by atoms with van der Waals surface area (Å²) in [5, 5.41) is 0. The molecule has 1 aliphatic rings. The van der Waals surface area contributed by atoms with Crippen LogP contribution < -0.4 is 5.73 Å². The lowest BCUT2D eigenvalue weighted by molar-refractivity contribution is -0.121. The van der Waals surface area contributed by atoms with Crippen LogP contribution in [0.15, 0.2) is 0 Å². The molecule has 1 saturated heterocycles. The van der Waals surface area contributed by atoms with Gasteiger partial charge in [-0.05, 0) is 6.42 Å². The molecule has 1 aliphatic heterocycles. The van der Waals surface area contributed by atoms with Crippen molar-refractivity contribution in [1.82, 2.24) is 4.90 Å². The Morgan fingerprint density at radius 2 is 2.50 bits per heavy atom. The molecule has 2 N–H and O–H groups in total. The highest BCUT2D eigenvalue weighted by Crippen LogP contribution is 2.08. The summed E-state index contributed by atoms with van der Waals surface area (Å²) in [7, 11) is 0. The molecule has 4 heteroatoms. The maximum absolute atomic E-state index is 10.7. The first-order chi connectivity index (χ1) is 5.74. The molecule has 0 unspecified atom stereocenters. The Morgan fingerprint density at radius 1 is 1.75 bits per heavy atom. The van der Waals surface area contributed by atoms with Crippen molar-refractivity contribution in [2.75, 3.05) is 26.3 Å². The summed E-state index contributed by atoms with van der Waals surface area (Å²) in [6.45, 7) is 4.71. The Hall–Kier alpha value is -0.610. The van der Waals surface area contributed by atoms with E-state index in [1.165, 1.54) is 0 Å². The average molecular weight is 172 g/mol. The van der Waals surface area contributed by atoms with Gasteiger partial charge in [-0.2, -0.15) is 0 Å². The normalized spacial score (nSPS) is 25.6. The first kappa shape index (κ1) is 9.48. The van der Waals surface area contributed by atoms with Crippen molar-refractivity contribution in [2.45, 2.75) is 19.4 Å². The number of amides is 1. The van der Waals surface area contributed by atoms with Crippen LogP contribution in [0.1, 0.15) is 13.3 Å². The van der Waals surface area contributed by atoms with E-state index >= 15 is 0 Å². The molecule has 1 rings (SSSR count). The molecule has 1 amide bonds. The average Bonchev–Trinajstić information content (AvgIpc) is 2.04. The minimum absolute atomic E-state index is 0.254. The molecular formula is C8H16N2O2. The summed E-state index contributed by atoms with van der Waals surface area (Å²) in [6.07, 6.45) is 1.01. The predicted molar refractivity (Wildman–Crippen MR) is 45.7 cm³/mol. The fourth-order valence-electron chi connectivity index (χ4n) is 1.47. The number of hydrogen-bond donors (Lipinski definition) is 1. The molecule has 0 aromatic heterocycles. The fraction of sp³-hybridized carbons (Fsp3) is 0.875. The first-order valence-corrected chi connectivity index (χ1v) is 4.34. The number of primary amides is 1. The Morgan fingerprint density at radius 3 is 3.08 bits per heavy atom.